The largest absolute Gasteiger partial charge is 0.347 e. The Morgan fingerprint density at radius 1 is 0.941 bits per heavy atom. The second kappa shape index (κ2) is 20.7. The molecule has 0 saturated carbocycles. The van der Waals surface area contributed by atoms with E-state index in [1.54, 1.807) is 29.9 Å². The van der Waals surface area contributed by atoms with E-state index in [9.17, 15) is 0 Å². The Hall–Kier alpha value is -1.69. The first-order chi connectivity index (χ1) is 16.6. The second-order valence-corrected chi connectivity index (χ2v) is 9.09. The van der Waals surface area contributed by atoms with Crippen molar-refractivity contribution in [3.63, 3.8) is 0 Å². The fourth-order valence-corrected chi connectivity index (χ4v) is 3.90. The smallest absolute Gasteiger partial charge is 0.165 e. The lowest BCUT2D eigenvalue weighted by molar-refractivity contribution is 0.235. The van der Waals surface area contributed by atoms with Crippen molar-refractivity contribution >= 4 is 11.8 Å². The maximum absolute atomic E-state index is 5.47. The summed E-state index contributed by atoms with van der Waals surface area (Å²) in [5.41, 5.74) is 3.85. The molecule has 0 aromatic carbocycles. The molecule has 1 aliphatic heterocycles. The first-order valence-electron chi connectivity index (χ1n) is 12.3. The number of hydrogen-bond donors (Lipinski definition) is 6. The first-order valence-corrected chi connectivity index (χ1v) is 13.5. The Balaban J connectivity index is 0.000000228. The van der Waals surface area contributed by atoms with Crippen molar-refractivity contribution in [1.82, 2.24) is 40.9 Å². The molecular weight excluding hydrogens is 446 g/mol. The average molecular weight is 494 g/mol. The van der Waals surface area contributed by atoms with E-state index in [1.807, 2.05) is 38.6 Å². The van der Waals surface area contributed by atoms with Gasteiger partial charge in [-0.2, -0.15) is 0 Å². The molecule has 10 heteroatoms. The Morgan fingerprint density at radius 2 is 1.65 bits per heavy atom. The van der Waals surface area contributed by atoms with E-state index in [4.69, 9.17) is 5.84 Å². The second-order valence-electron chi connectivity index (χ2n) is 8.29. The molecule has 4 rings (SSSR count). The van der Waals surface area contributed by atoms with E-state index in [2.05, 4.69) is 42.0 Å². The molecule has 1 fully saturated rings. The van der Waals surface area contributed by atoms with Crippen LogP contribution in [0.15, 0.2) is 35.5 Å². The molecule has 2 aliphatic rings. The van der Waals surface area contributed by atoms with Crippen LogP contribution in [0.25, 0.3) is 0 Å². The monoisotopic (exact) mass is 493 g/mol. The highest BCUT2D eigenvalue weighted by molar-refractivity contribution is 7.98. The molecule has 0 amide bonds. The number of hydrogen-bond acceptors (Lipinski definition) is 8. The molecule has 3 heterocycles. The van der Waals surface area contributed by atoms with Gasteiger partial charge in [-0.05, 0) is 65.9 Å². The van der Waals surface area contributed by atoms with Gasteiger partial charge in [0.1, 0.15) is 0 Å². The van der Waals surface area contributed by atoms with E-state index in [0.717, 1.165) is 49.3 Å². The van der Waals surface area contributed by atoms with Crippen LogP contribution in [0.1, 0.15) is 56.3 Å². The Kier molecular flexibility index (Phi) is 18.4. The highest BCUT2D eigenvalue weighted by Gasteiger charge is 2.03. The Bertz CT molecular complexity index is 725. The summed E-state index contributed by atoms with van der Waals surface area (Å²) >= 11 is 1.62. The maximum Gasteiger partial charge on any atom is 0.165 e. The summed E-state index contributed by atoms with van der Waals surface area (Å²) in [5, 5.41) is 12.1. The molecule has 194 valence electrons. The number of nitrogens with one attached hydrogen (secondary N) is 5. The molecule has 2 aromatic heterocycles. The number of piperidine rings is 1. The van der Waals surface area contributed by atoms with Crippen molar-refractivity contribution in [1.29, 1.82) is 0 Å². The molecule has 0 unspecified atom stereocenters. The lowest BCUT2D eigenvalue weighted by atomic mass is 10.00. The van der Waals surface area contributed by atoms with Crippen molar-refractivity contribution in [3.05, 3.63) is 41.8 Å². The third kappa shape index (κ3) is 15.3. The lowest BCUT2D eigenvalue weighted by Gasteiger charge is -2.20. The number of aromatic nitrogens is 4. The van der Waals surface area contributed by atoms with Crippen molar-refractivity contribution in [2.45, 2.75) is 63.2 Å². The van der Waals surface area contributed by atoms with Crippen molar-refractivity contribution in [2.24, 2.45) is 5.84 Å². The summed E-state index contributed by atoms with van der Waals surface area (Å²) < 4.78 is 0. The Morgan fingerprint density at radius 3 is 2.12 bits per heavy atom. The minimum absolute atomic E-state index is 0.855. The summed E-state index contributed by atoms with van der Waals surface area (Å²) in [5.74, 6) is 5.47. The molecule has 7 N–H and O–H groups in total. The van der Waals surface area contributed by atoms with Gasteiger partial charge in [-0.3, -0.25) is 5.84 Å². The number of H-pyrrole nitrogens is 2. The van der Waals surface area contributed by atoms with E-state index in [-0.39, 0.29) is 0 Å². The van der Waals surface area contributed by atoms with Crippen LogP contribution in [0.4, 0.5) is 0 Å². The van der Waals surface area contributed by atoms with Crippen LogP contribution in [0.3, 0.4) is 0 Å². The molecule has 0 radical (unpaired) electrons. The summed E-state index contributed by atoms with van der Waals surface area (Å²) in [7, 11) is 5.83. The van der Waals surface area contributed by atoms with Crippen LogP contribution in [-0.4, -0.2) is 72.0 Å². The van der Waals surface area contributed by atoms with Gasteiger partial charge in [-0.1, -0.05) is 29.8 Å². The number of likely N-dealkylation sites (N-methyl/N-ethyl adjacent to an activating group) is 1. The van der Waals surface area contributed by atoms with Crippen LogP contribution in [0.5, 0.6) is 0 Å². The van der Waals surface area contributed by atoms with Gasteiger partial charge < -0.3 is 25.9 Å². The van der Waals surface area contributed by atoms with E-state index < -0.39 is 0 Å². The molecule has 2 aromatic rings. The standard InChI is InChI=1S/C8H15N.C6H11N3S.C5H9N3.C5H12N2/c1-9-7-8-5-3-2-4-6-8;1-7-3-5-4-8-6(9-5)10-2;1-6-2-5-3-7-4-8-5;6-7-4-2-1-3-5-7/h5,9H,2-4,6-7H2,1H3;4,7H,3H2,1-2H3,(H,8,9);3-4,6H,2H2,1H3,(H,7,8);1-6H2. The number of hydrazine groups is 1. The fourth-order valence-electron chi connectivity index (χ4n) is 3.50. The molecule has 0 bridgehead atoms. The van der Waals surface area contributed by atoms with E-state index in [0.29, 0.717) is 0 Å². The van der Waals surface area contributed by atoms with Gasteiger partial charge in [0.2, 0.25) is 0 Å². The summed E-state index contributed by atoms with van der Waals surface area (Å²) in [6.07, 6.45) is 19.1. The van der Waals surface area contributed by atoms with E-state index >= 15 is 0 Å². The van der Waals surface area contributed by atoms with Crippen molar-refractivity contribution in [2.75, 3.05) is 47.0 Å². The Labute approximate surface area is 210 Å². The van der Waals surface area contributed by atoms with Crippen LogP contribution in [-0.2, 0) is 13.1 Å². The maximum atomic E-state index is 5.47. The number of nitrogens with zero attached hydrogens (tertiary/aromatic N) is 3. The normalized spacial score (nSPS) is 15.6. The molecule has 34 heavy (non-hydrogen) atoms. The summed E-state index contributed by atoms with van der Waals surface area (Å²) in [6, 6.07) is 0. The molecule has 1 aliphatic carbocycles. The number of imidazole rings is 2. The zero-order valence-electron chi connectivity index (χ0n) is 21.6. The quantitative estimate of drug-likeness (QED) is 0.198. The number of thioether (sulfide) groups is 1. The van der Waals surface area contributed by atoms with Gasteiger partial charge >= 0.3 is 0 Å². The SMILES string of the molecule is CNCC1=CCCCC1.CNCc1cnc(SC)[nH]1.CNCc1cnc[nH]1.NN1CCCCC1. The highest BCUT2D eigenvalue weighted by atomic mass is 32.2. The number of allylic oxidation sites excluding steroid dienone is 1. The van der Waals surface area contributed by atoms with Gasteiger partial charge in [0, 0.05) is 50.3 Å². The molecule has 1 saturated heterocycles. The number of rotatable bonds is 7. The van der Waals surface area contributed by atoms with Gasteiger partial charge in [0.15, 0.2) is 5.16 Å². The molecule has 0 atom stereocenters. The first kappa shape index (κ1) is 30.3. The average Bonchev–Trinajstić information content (AvgIpc) is 3.55. The fraction of sp³-hybridized carbons (Fsp3) is 0.667. The van der Waals surface area contributed by atoms with Crippen LogP contribution >= 0.6 is 11.8 Å². The topological polar surface area (TPSA) is 123 Å². The molecule has 0 spiro atoms. The molecular formula is C24H47N9S. The van der Waals surface area contributed by atoms with Crippen molar-refractivity contribution in [3.8, 4) is 0 Å². The molecule has 9 nitrogen and oxygen atoms in total. The summed E-state index contributed by atoms with van der Waals surface area (Å²) in [4.78, 5) is 14.1. The van der Waals surface area contributed by atoms with Gasteiger partial charge in [0.05, 0.1) is 12.5 Å². The van der Waals surface area contributed by atoms with Gasteiger partial charge in [0.25, 0.3) is 0 Å². The zero-order chi connectivity index (χ0) is 24.9. The predicted octanol–water partition coefficient (Wildman–Crippen LogP) is 3.03. The summed E-state index contributed by atoms with van der Waals surface area (Å²) in [6.45, 7) is 5.01. The minimum atomic E-state index is 0.855. The number of nitrogens with two attached hydrogens (primary N) is 1. The zero-order valence-corrected chi connectivity index (χ0v) is 22.4. The van der Waals surface area contributed by atoms with Crippen LogP contribution < -0.4 is 21.8 Å². The van der Waals surface area contributed by atoms with Gasteiger partial charge in [-0.25, -0.2) is 15.0 Å². The van der Waals surface area contributed by atoms with Gasteiger partial charge in [-0.15, -0.1) is 0 Å². The van der Waals surface area contributed by atoms with Crippen LogP contribution in [0.2, 0.25) is 0 Å². The predicted molar refractivity (Wildman–Crippen MR) is 145 cm³/mol. The highest BCUT2D eigenvalue weighted by Crippen LogP contribution is 2.15. The van der Waals surface area contributed by atoms with Crippen molar-refractivity contribution < 1.29 is 0 Å². The van der Waals surface area contributed by atoms with E-state index in [1.165, 1.54) is 44.9 Å². The number of aromatic amines is 2. The third-order valence-electron chi connectivity index (χ3n) is 5.27. The van der Waals surface area contributed by atoms with Crippen LogP contribution in [0, 0.1) is 0 Å². The minimum Gasteiger partial charge on any atom is -0.347 e. The third-order valence-corrected chi connectivity index (χ3v) is 5.86. The lowest BCUT2D eigenvalue weighted by Crippen LogP contribution is -2.35.